The number of unbranched alkanes of at least 4 members (excludes halogenated alkanes) is 62. The summed E-state index contributed by atoms with van der Waals surface area (Å²) in [5.41, 5.74) is 0. The largest absolute Gasteiger partial charge is 0.394 e. The number of ether oxygens (including phenoxy) is 6. The van der Waals surface area contributed by atoms with E-state index in [1.807, 2.05) is 6.08 Å². The monoisotopic (exact) mass is 1610 g/mol. The van der Waals surface area contributed by atoms with Gasteiger partial charge in [-0.3, -0.25) is 4.79 Å². The van der Waals surface area contributed by atoms with Crippen molar-refractivity contribution in [1.82, 2.24) is 5.32 Å². The number of hydrogen-bond acceptors (Lipinski definition) is 18. The fourth-order valence-electron chi connectivity index (χ4n) is 16.6. The zero-order valence-corrected chi connectivity index (χ0v) is 72.4. The predicted octanol–water partition coefficient (Wildman–Crippen LogP) is 19.2. The average Bonchev–Trinajstić information content (AvgIpc) is 0.780. The van der Waals surface area contributed by atoms with E-state index in [4.69, 9.17) is 28.4 Å². The second-order valence-electron chi connectivity index (χ2n) is 34.5. The lowest BCUT2D eigenvalue weighted by Gasteiger charge is -2.48. The van der Waals surface area contributed by atoms with Gasteiger partial charge in [-0.2, -0.15) is 0 Å². The third-order valence-corrected chi connectivity index (χ3v) is 24.3. The number of amides is 1. The van der Waals surface area contributed by atoms with Gasteiger partial charge in [-0.15, -0.1) is 0 Å². The van der Waals surface area contributed by atoms with Crippen LogP contribution in [0, 0.1) is 0 Å². The SMILES string of the molecule is CCCCCCCCCCCCCCCCCCCCCCC/C=C/CC/C=C/C(O)C(COC1OC(CO)C(OC2OC(CO)C(OC3OC(CO)C(O)C(O)C3O)C(O)C2O)C(O)C1O)NC(=O)CCCCCCCCCCCCCCCCCCCCCCCCCCCCCCCCCCCCCCCCCCC. The van der Waals surface area contributed by atoms with Gasteiger partial charge in [0, 0.05) is 6.42 Å². The highest BCUT2D eigenvalue weighted by Gasteiger charge is 2.54. The molecule has 0 aromatic heterocycles. The molecule has 0 aromatic carbocycles. The maximum atomic E-state index is 13.5. The molecular formula is C94H179NO18. The van der Waals surface area contributed by atoms with Crippen LogP contribution in [0.3, 0.4) is 0 Å². The van der Waals surface area contributed by atoms with Gasteiger partial charge in [-0.05, 0) is 32.1 Å². The van der Waals surface area contributed by atoms with Gasteiger partial charge >= 0.3 is 0 Å². The van der Waals surface area contributed by atoms with Crippen molar-refractivity contribution in [3.05, 3.63) is 24.3 Å². The number of rotatable bonds is 80. The Labute approximate surface area is 689 Å². The normalized spacial score (nSPS) is 24.8. The molecule has 12 N–H and O–H groups in total. The van der Waals surface area contributed by atoms with Gasteiger partial charge < -0.3 is 89.9 Å². The van der Waals surface area contributed by atoms with Crippen molar-refractivity contribution in [2.24, 2.45) is 0 Å². The third kappa shape index (κ3) is 52.3. The summed E-state index contributed by atoms with van der Waals surface area (Å²) < 4.78 is 34.5. The first-order valence-electron chi connectivity index (χ1n) is 48.1. The van der Waals surface area contributed by atoms with Gasteiger partial charge in [0.05, 0.1) is 38.6 Å². The zero-order chi connectivity index (χ0) is 81.7. The highest BCUT2D eigenvalue weighted by atomic mass is 16.8. The number of aliphatic hydroxyl groups excluding tert-OH is 11. The molecule has 3 aliphatic rings. The van der Waals surface area contributed by atoms with E-state index in [1.54, 1.807) is 6.08 Å². The van der Waals surface area contributed by atoms with E-state index >= 15 is 0 Å². The number of aliphatic hydroxyl groups is 11. The van der Waals surface area contributed by atoms with Crippen molar-refractivity contribution in [3.63, 3.8) is 0 Å². The summed E-state index contributed by atoms with van der Waals surface area (Å²) in [6, 6.07) is -0.990. The Morgan fingerprint density at radius 3 is 0.885 bits per heavy atom. The molecule has 17 atom stereocenters. The van der Waals surface area contributed by atoms with Crippen molar-refractivity contribution in [2.45, 2.75) is 542 Å². The molecule has 668 valence electrons. The highest BCUT2D eigenvalue weighted by molar-refractivity contribution is 5.76. The Hall–Kier alpha value is -1.73. The summed E-state index contributed by atoms with van der Waals surface area (Å²) in [5, 5.41) is 121. The minimum Gasteiger partial charge on any atom is -0.394 e. The molecule has 1 amide bonds. The molecule has 0 spiro atoms. The van der Waals surface area contributed by atoms with Crippen LogP contribution in [0.1, 0.15) is 438 Å². The molecule has 19 nitrogen and oxygen atoms in total. The summed E-state index contributed by atoms with van der Waals surface area (Å²) >= 11 is 0. The van der Waals surface area contributed by atoms with Gasteiger partial charge in [0.25, 0.3) is 0 Å². The van der Waals surface area contributed by atoms with Crippen LogP contribution in [0.4, 0.5) is 0 Å². The van der Waals surface area contributed by atoms with Gasteiger partial charge in [0.1, 0.15) is 73.2 Å². The molecule has 3 fully saturated rings. The van der Waals surface area contributed by atoms with Gasteiger partial charge in [0.2, 0.25) is 5.91 Å². The quantitative estimate of drug-likeness (QED) is 0.0199. The molecule has 0 saturated carbocycles. The molecule has 113 heavy (non-hydrogen) atoms. The standard InChI is InChI=1S/C94H179NO18/c1-3-5-7-9-11-13-15-17-19-21-23-25-27-29-31-32-33-34-35-36-37-38-39-40-41-42-43-44-46-48-50-52-54-56-58-60-62-64-66-68-70-72-82(100)95-77(78(99)71-69-67-65-63-61-59-57-55-53-51-49-47-45-30-28-26-24-22-20-18-16-14-12-10-8-6-4-2)76-108-92-88(106)85(103)90(80(74-97)110-92)113-94-89(107)86(104)91(81(75-98)111-94)112-93-87(105)84(102)83(101)79(73-96)109-93/h61,63,69,71,77-81,83-94,96-99,101-107H,3-60,62,64-68,70,72-76H2,1-2H3,(H,95,100)/b63-61+,71-69+. The van der Waals surface area contributed by atoms with Gasteiger partial charge in [-0.25, -0.2) is 0 Å². The maximum absolute atomic E-state index is 13.5. The fourth-order valence-corrected chi connectivity index (χ4v) is 16.6. The lowest BCUT2D eigenvalue weighted by Crippen LogP contribution is -2.66. The predicted molar refractivity (Wildman–Crippen MR) is 457 cm³/mol. The first kappa shape index (κ1) is 105. The minimum absolute atomic E-state index is 0.242. The van der Waals surface area contributed by atoms with E-state index in [1.165, 1.54) is 366 Å². The number of allylic oxidation sites excluding steroid dienone is 3. The zero-order valence-electron chi connectivity index (χ0n) is 72.4. The van der Waals surface area contributed by atoms with Crippen molar-refractivity contribution < 1.29 is 89.4 Å². The first-order valence-corrected chi connectivity index (χ1v) is 48.1. The van der Waals surface area contributed by atoms with Crippen molar-refractivity contribution >= 4 is 5.91 Å². The maximum Gasteiger partial charge on any atom is 0.220 e. The van der Waals surface area contributed by atoms with E-state index in [9.17, 15) is 61.0 Å². The second kappa shape index (κ2) is 74.1. The molecule has 19 heteroatoms. The number of nitrogens with one attached hydrogen (secondary N) is 1. The molecule has 0 aromatic rings. The Bertz CT molecular complexity index is 2130. The summed E-state index contributed by atoms with van der Waals surface area (Å²) in [5.74, 6) is -0.275. The number of carbonyl (C=O) groups is 1. The summed E-state index contributed by atoms with van der Waals surface area (Å²) in [6.45, 7) is 1.80. The number of hydrogen-bond donors (Lipinski definition) is 12. The van der Waals surface area contributed by atoms with E-state index in [-0.39, 0.29) is 18.9 Å². The van der Waals surface area contributed by atoms with Crippen molar-refractivity contribution in [3.8, 4) is 0 Å². The van der Waals surface area contributed by atoms with E-state index < -0.39 is 124 Å². The molecule has 0 aliphatic carbocycles. The topological polar surface area (TPSA) is 307 Å². The summed E-state index contributed by atoms with van der Waals surface area (Å²) in [7, 11) is 0. The lowest BCUT2D eigenvalue weighted by atomic mass is 9.96. The van der Waals surface area contributed by atoms with Crippen molar-refractivity contribution in [1.29, 1.82) is 0 Å². The minimum atomic E-state index is -1.98. The van der Waals surface area contributed by atoms with Crippen LogP contribution in [0.5, 0.6) is 0 Å². The molecule has 3 saturated heterocycles. The van der Waals surface area contributed by atoms with Crippen LogP contribution in [0.25, 0.3) is 0 Å². The molecule has 3 aliphatic heterocycles. The van der Waals surface area contributed by atoms with Crippen LogP contribution in [-0.4, -0.2) is 193 Å². The van der Waals surface area contributed by atoms with E-state index in [2.05, 4.69) is 31.3 Å². The van der Waals surface area contributed by atoms with Crippen LogP contribution in [0.15, 0.2) is 24.3 Å². The summed E-state index contributed by atoms with van der Waals surface area (Å²) in [4.78, 5) is 13.5. The number of carbonyl (C=O) groups excluding carboxylic acids is 1. The van der Waals surface area contributed by atoms with Crippen LogP contribution < -0.4 is 5.32 Å². The lowest BCUT2D eigenvalue weighted by molar-refractivity contribution is -0.379. The smallest absolute Gasteiger partial charge is 0.220 e. The van der Waals surface area contributed by atoms with Gasteiger partial charge in [0.15, 0.2) is 18.9 Å². The van der Waals surface area contributed by atoms with Crippen LogP contribution in [0.2, 0.25) is 0 Å². The molecule has 0 radical (unpaired) electrons. The molecule has 0 bridgehead atoms. The molecule has 17 unspecified atom stereocenters. The fraction of sp³-hybridized carbons (Fsp3) is 0.947. The first-order chi connectivity index (χ1) is 55.3. The third-order valence-electron chi connectivity index (χ3n) is 24.3. The summed E-state index contributed by atoms with van der Waals surface area (Å²) in [6.07, 6.45) is 68.0. The Balaban J connectivity index is 1.29. The molecular weight excluding hydrogens is 1430 g/mol. The highest BCUT2D eigenvalue weighted by Crippen LogP contribution is 2.34. The second-order valence-corrected chi connectivity index (χ2v) is 34.5. The average molecular weight is 1610 g/mol. The van der Waals surface area contributed by atoms with Crippen molar-refractivity contribution in [2.75, 3.05) is 26.4 Å². The van der Waals surface area contributed by atoms with Gasteiger partial charge in [-0.1, -0.05) is 423 Å². The Morgan fingerprint density at radius 2 is 0.566 bits per heavy atom. The Morgan fingerprint density at radius 1 is 0.310 bits per heavy atom. The van der Waals surface area contributed by atoms with E-state index in [0.29, 0.717) is 12.8 Å². The van der Waals surface area contributed by atoms with E-state index in [0.717, 1.165) is 38.5 Å². The Kier molecular flexibility index (Phi) is 69.2. The van der Waals surface area contributed by atoms with Crippen LogP contribution in [-0.2, 0) is 33.2 Å². The molecule has 3 rings (SSSR count). The molecule has 3 heterocycles. The van der Waals surface area contributed by atoms with Crippen LogP contribution >= 0.6 is 0 Å².